The molecule has 2 saturated heterocycles. The Balaban J connectivity index is 0.759. The van der Waals surface area contributed by atoms with Crippen molar-refractivity contribution in [2.45, 2.75) is 132 Å². The van der Waals surface area contributed by atoms with E-state index in [9.17, 15) is 14.9 Å². The van der Waals surface area contributed by atoms with Crippen molar-refractivity contribution >= 4 is 29.3 Å². The average molecular weight is 975 g/mol. The first-order valence-electron chi connectivity index (χ1n) is 26.3. The lowest BCUT2D eigenvalue weighted by atomic mass is 9.49. The highest BCUT2D eigenvalue weighted by Gasteiger charge is 2.64. The predicted molar refractivity (Wildman–Crippen MR) is 280 cm³/mol. The van der Waals surface area contributed by atoms with Crippen LogP contribution >= 0.6 is 0 Å². The second-order valence-electron chi connectivity index (χ2n) is 23.6. The van der Waals surface area contributed by atoms with Gasteiger partial charge in [0.25, 0.3) is 5.91 Å². The van der Waals surface area contributed by atoms with Crippen molar-refractivity contribution in [3.05, 3.63) is 93.7 Å². The molecule has 72 heavy (non-hydrogen) atoms. The highest BCUT2D eigenvalue weighted by Crippen LogP contribution is 2.56. The number of nitriles is 1. The number of aromatic nitrogens is 6. The van der Waals surface area contributed by atoms with Gasteiger partial charge in [0.15, 0.2) is 5.82 Å². The Morgan fingerprint density at radius 2 is 1.64 bits per heavy atom. The normalized spacial score (nSPS) is 22.6. The molecular weight excluding hydrogens is 901 g/mol. The molecule has 0 bridgehead atoms. The number of benzene rings is 2. The Bertz CT molecular complexity index is 2920. The lowest BCUT2D eigenvalue weighted by molar-refractivity contribution is -0.164. The van der Waals surface area contributed by atoms with Crippen LogP contribution in [0.1, 0.15) is 130 Å². The molecule has 2 aromatic carbocycles. The molecule has 1 N–H and O–H groups in total. The molecule has 15 heteroatoms. The topological polar surface area (TPSA) is 154 Å². The molecule has 10 rings (SSSR count). The van der Waals surface area contributed by atoms with E-state index >= 15 is 0 Å². The van der Waals surface area contributed by atoms with E-state index in [0.717, 1.165) is 113 Å². The van der Waals surface area contributed by atoms with E-state index in [-0.39, 0.29) is 40.2 Å². The fourth-order valence-electron chi connectivity index (χ4n) is 13.4. The minimum Gasteiger partial charge on any atom is -0.489 e. The van der Waals surface area contributed by atoms with Crippen molar-refractivity contribution in [3.63, 3.8) is 0 Å². The largest absolute Gasteiger partial charge is 0.489 e. The summed E-state index contributed by atoms with van der Waals surface area (Å²) in [5.41, 5.74) is 11.0. The van der Waals surface area contributed by atoms with Gasteiger partial charge in [-0.2, -0.15) is 15.5 Å². The summed E-state index contributed by atoms with van der Waals surface area (Å²) in [4.78, 5) is 45.4. The molecule has 3 aromatic heterocycles. The van der Waals surface area contributed by atoms with Gasteiger partial charge in [-0.3, -0.25) is 19.0 Å². The van der Waals surface area contributed by atoms with Gasteiger partial charge in [-0.15, -0.1) is 0 Å². The van der Waals surface area contributed by atoms with Gasteiger partial charge < -0.3 is 29.7 Å². The smallest absolute Gasteiger partial charge is 0.254 e. The molecule has 5 aromatic rings. The number of rotatable bonds is 10. The maximum absolute atomic E-state index is 13.7. The van der Waals surface area contributed by atoms with Crippen molar-refractivity contribution in [2.24, 2.45) is 29.2 Å². The number of carbonyl (C=O) groups is 2. The van der Waals surface area contributed by atoms with Crippen LogP contribution < -0.4 is 19.9 Å². The summed E-state index contributed by atoms with van der Waals surface area (Å²) in [6.45, 7) is 28.2. The second-order valence-corrected chi connectivity index (χ2v) is 23.6. The van der Waals surface area contributed by atoms with Crippen LogP contribution in [0.15, 0.2) is 49.1 Å². The molecule has 3 fully saturated rings. The fraction of sp³-hybridized carbons (Fsp3) is 0.561. The number of carbonyl (C=O) groups excluding carboxylic acids is 2. The van der Waals surface area contributed by atoms with E-state index in [1.807, 2.05) is 48.8 Å². The fourth-order valence-corrected chi connectivity index (χ4v) is 13.4. The van der Waals surface area contributed by atoms with Crippen LogP contribution in [0, 0.1) is 54.3 Å². The molecule has 5 aliphatic rings. The first kappa shape index (κ1) is 49.3. The molecule has 2 amide bonds. The molecule has 7 heterocycles. The number of amides is 2. The second kappa shape index (κ2) is 18.6. The number of anilines is 3. The van der Waals surface area contributed by atoms with E-state index in [1.54, 1.807) is 19.3 Å². The Morgan fingerprint density at radius 3 is 2.31 bits per heavy atom. The monoisotopic (exact) mass is 975 g/mol. The molecule has 4 aliphatic heterocycles. The third-order valence-electron chi connectivity index (χ3n) is 17.6. The average Bonchev–Trinajstić information content (AvgIpc) is 3.97. The van der Waals surface area contributed by atoms with Crippen LogP contribution in [0.5, 0.6) is 5.75 Å². The number of ether oxygens (including phenoxy) is 1. The Labute approximate surface area is 425 Å². The minimum atomic E-state index is -0.349. The number of hydrogen-bond acceptors (Lipinski definition) is 11. The third-order valence-corrected chi connectivity index (χ3v) is 17.6. The molecule has 1 aliphatic carbocycles. The van der Waals surface area contributed by atoms with E-state index in [4.69, 9.17) is 19.8 Å². The molecule has 0 spiro atoms. The Morgan fingerprint density at radius 1 is 0.903 bits per heavy atom. The standard InChI is InChI=1S/C57H74N12O3/c1-35-25-48-39(26-45(35)42-30-61-64(11)31-42)13-12-20-68(48)50-46-33-66(38(4)70)24-19-47(46)69(63-50)44-17-21-65(22-18-44)32-43-16-23-67(34-55(43,5)6)54-59-28-41(29-60-54)51(71)62-52-56(7,8)53(57(52,9)10)72-49-15-14-40(27-58)36(2)37(49)3/h14-15,25-26,28-31,43-44,52-53H,12-13,16-24,32-34H2,1-11H3,(H,62,71). The van der Waals surface area contributed by atoms with E-state index in [0.29, 0.717) is 35.6 Å². The first-order valence-corrected chi connectivity index (χ1v) is 26.3. The van der Waals surface area contributed by atoms with E-state index in [2.05, 4.69) is 103 Å². The Hall–Kier alpha value is -6.27. The zero-order valence-electron chi connectivity index (χ0n) is 44.5. The lowest BCUT2D eigenvalue weighted by Gasteiger charge is -2.63. The molecule has 1 saturated carbocycles. The summed E-state index contributed by atoms with van der Waals surface area (Å²) < 4.78 is 10.9. The molecule has 1 unspecified atom stereocenters. The van der Waals surface area contributed by atoms with Crippen LogP contribution in [-0.2, 0) is 31.2 Å². The van der Waals surface area contributed by atoms with Crippen molar-refractivity contribution in [1.29, 1.82) is 5.26 Å². The third kappa shape index (κ3) is 8.81. The zero-order valence-corrected chi connectivity index (χ0v) is 44.5. The lowest BCUT2D eigenvalue weighted by Crippen LogP contribution is -2.74. The van der Waals surface area contributed by atoms with Gasteiger partial charge >= 0.3 is 0 Å². The maximum Gasteiger partial charge on any atom is 0.254 e. The number of nitrogens with zero attached hydrogens (tertiary/aromatic N) is 11. The first-order chi connectivity index (χ1) is 34.2. The number of hydrogen-bond donors (Lipinski definition) is 1. The summed E-state index contributed by atoms with van der Waals surface area (Å²) in [6.07, 6.45) is 13.3. The number of aryl methyl sites for hydroxylation is 3. The summed E-state index contributed by atoms with van der Waals surface area (Å²) >= 11 is 0. The van der Waals surface area contributed by atoms with Gasteiger partial charge in [0.05, 0.1) is 36.0 Å². The predicted octanol–water partition coefficient (Wildman–Crippen LogP) is 8.66. The summed E-state index contributed by atoms with van der Waals surface area (Å²) in [7, 11) is 1.97. The molecule has 0 radical (unpaired) electrons. The van der Waals surface area contributed by atoms with E-state index < -0.39 is 0 Å². The highest BCUT2D eigenvalue weighted by molar-refractivity contribution is 5.94. The van der Waals surface area contributed by atoms with Gasteiger partial charge in [-0.25, -0.2) is 9.97 Å². The molecular formula is C57H74N12O3. The van der Waals surface area contributed by atoms with Gasteiger partial charge in [-0.05, 0) is 116 Å². The van der Waals surface area contributed by atoms with Crippen LogP contribution in [0.2, 0.25) is 0 Å². The number of likely N-dealkylation sites (tertiary alicyclic amines) is 1. The van der Waals surface area contributed by atoms with Crippen molar-refractivity contribution < 1.29 is 14.3 Å². The van der Waals surface area contributed by atoms with Gasteiger partial charge in [0.1, 0.15) is 11.9 Å². The van der Waals surface area contributed by atoms with Gasteiger partial charge in [0.2, 0.25) is 11.9 Å². The number of fused-ring (bicyclic) bond motifs is 2. The molecule has 1 atom stereocenters. The zero-order chi connectivity index (χ0) is 51.0. The van der Waals surface area contributed by atoms with Crippen LogP contribution in [0.4, 0.5) is 17.5 Å². The SMILES string of the molecule is CC(=O)N1CCc2c(c(N3CCCc4cc(-c5cnn(C)c5)c(C)cc43)nn2C2CCN(CC3CCN(c4ncc(C(=O)NC5C(C)(C)C(Oc6ccc(C#N)c(C)c6C)C5(C)C)cn4)CC3(C)C)CC2)C1. The summed E-state index contributed by atoms with van der Waals surface area (Å²) in [5.74, 6) is 2.91. The number of piperidine rings is 2. The molecule has 15 nitrogen and oxygen atoms in total. The maximum atomic E-state index is 13.7. The Kier molecular flexibility index (Phi) is 12.8. The van der Waals surface area contributed by atoms with Crippen molar-refractivity contribution in [2.75, 3.05) is 55.6 Å². The van der Waals surface area contributed by atoms with Gasteiger partial charge in [-0.1, -0.05) is 41.5 Å². The van der Waals surface area contributed by atoms with Crippen LogP contribution in [0.3, 0.4) is 0 Å². The van der Waals surface area contributed by atoms with Crippen molar-refractivity contribution in [3.8, 4) is 22.9 Å². The summed E-state index contributed by atoms with van der Waals surface area (Å²) in [5, 5.41) is 22.8. The van der Waals surface area contributed by atoms with Crippen LogP contribution in [0.25, 0.3) is 11.1 Å². The van der Waals surface area contributed by atoms with E-state index in [1.165, 1.54) is 33.6 Å². The highest BCUT2D eigenvalue weighted by atomic mass is 16.5. The number of nitrogens with one attached hydrogen (secondary N) is 1. The summed E-state index contributed by atoms with van der Waals surface area (Å²) in [6, 6.07) is 10.8. The van der Waals surface area contributed by atoms with Crippen LogP contribution in [-0.4, -0.2) is 109 Å². The molecule has 380 valence electrons. The van der Waals surface area contributed by atoms with Crippen molar-refractivity contribution in [1.82, 2.24) is 44.6 Å². The van der Waals surface area contributed by atoms with Gasteiger partial charge in [0, 0.05) is 124 Å². The minimum absolute atomic E-state index is 0.0316. The quantitative estimate of drug-likeness (QED) is 0.143.